The van der Waals surface area contributed by atoms with Crippen molar-refractivity contribution < 1.29 is 44.3 Å². The van der Waals surface area contributed by atoms with Gasteiger partial charge in [-0.15, -0.1) is 0 Å². The van der Waals surface area contributed by atoms with Crippen LogP contribution in [0.4, 0.5) is 36.8 Å². The normalized spacial score (nSPS) is 19.7. The van der Waals surface area contributed by atoms with Gasteiger partial charge in [-0.3, -0.25) is 10.2 Å². The first-order valence-electron chi connectivity index (χ1n) is 10.1. The molecule has 0 aromatic heterocycles. The number of ether oxygens (including phenoxy) is 1. The zero-order valence-electron chi connectivity index (χ0n) is 17.7. The topological polar surface area (TPSA) is 75.7 Å². The fourth-order valence-electron chi connectivity index (χ4n) is 3.48. The molecule has 2 unspecified atom stereocenters. The van der Waals surface area contributed by atoms with Gasteiger partial charge in [-0.1, -0.05) is 29.8 Å². The van der Waals surface area contributed by atoms with E-state index in [0.717, 1.165) is 17.0 Å². The van der Waals surface area contributed by atoms with Gasteiger partial charge in [-0.05, 0) is 35.9 Å². The molecule has 0 saturated carbocycles. The number of hydrogen-bond acceptors (Lipinski definition) is 5. The number of alkyl halides is 6. The van der Waals surface area contributed by atoms with Crippen molar-refractivity contribution in [2.24, 2.45) is 0 Å². The molecule has 6 nitrogen and oxygen atoms in total. The number of sulfone groups is 1. The minimum atomic E-state index is -4.99. The number of anilines is 1. The minimum absolute atomic E-state index is 0.133. The second-order valence-electron chi connectivity index (χ2n) is 7.81. The van der Waals surface area contributed by atoms with E-state index in [9.17, 15) is 39.6 Å². The molecular weight excluding hydrogens is 526 g/mol. The first kappa shape index (κ1) is 27.1. The summed E-state index contributed by atoms with van der Waals surface area (Å²) in [6.07, 6.45) is -13.7. The number of amides is 1. The van der Waals surface area contributed by atoms with Gasteiger partial charge < -0.3 is 4.74 Å². The van der Waals surface area contributed by atoms with E-state index in [4.69, 9.17) is 11.6 Å². The Hall–Kier alpha value is -2.51. The molecule has 2 aromatic rings. The first-order chi connectivity index (χ1) is 16.1. The van der Waals surface area contributed by atoms with Crippen LogP contribution in [0.15, 0.2) is 48.5 Å². The highest BCUT2D eigenvalue weighted by Crippen LogP contribution is 2.35. The molecule has 35 heavy (non-hydrogen) atoms. The van der Waals surface area contributed by atoms with Crippen LogP contribution in [0.5, 0.6) is 0 Å². The van der Waals surface area contributed by atoms with E-state index in [1.807, 2.05) is 0 Å². The largest absolute Gasteiger partial charge is 0.435 e. The Morgan fingerprint density at radius 1 is 1.11 bits per heavy atom. The summed E-state index contributed by atoms with van der Waals surface area (Å²) >= 11 is 5.71. The van der Waals surface area contributed by atoms with Gasteiger partial charge in [0, 0.05) is 30.3 Å². The Kier molecular flexibility index (Phi) is 7.92. The number of nitrogens with one attached hydrogen (secondary N) is 1. The molecule has 1 saturated heterocycles. The molecule has 1 aliphatic rings. The smallest absolute Gasteiger partial charge is 0.426 e. The molecule has 0 aliphatic carbocycles. The average Bonchev–Trinajstić information content (AvgIpc) is 2.75. The third kappa shape index (κ3) is 7.24. The lowest BCUT2D eigenvalue weighted by Crippen LogP contribution is -2.50. The molecular formula is C21H19ClF6N2O4S. The molecule has 0 bridgehead atoms. The summed E-state index contributed by atoms with van der Waals surface area (Å²) in [6, 6.07) is 9.16. The maximum atomic E-state index is 13.6. The summed E-state index contributed by atoms with van der Waals surface area (Å²) in [5.74, 6) is -0.574. The molecule has 2 aromatic carbocycles. The maximum Gasteiger partial charge on any atom is 0.426 e. The number of hydrogen-bond donors (Lipinski definition) is 1. The second kappa shape index (κ2) is 10.2. The number of carbonyl (C=O) groups is 1. The number of halogens is 7. The highest BCUT2D eigenvalue weighted by Gasteiger charge is 2.46. The van der Waals surface area contributed by atoms with Crippen LogP contribution < -0.4 is 5.32 Å². The Morgan fingerprint density at radius 3 is 2.37 bits per heavy atom. The van der Waals surface area contributed by atoms with Gasteiger partial charge in [0.05, 0.1) is 16.6 Å². The van der Waals surface area contributed by atoms with Crippen molar-refractivity contribution >= 4 is 33.2 Å². The molecule has 192 valence electrons. The third-order valence-electron chi connectivity index (χ3n) is 5.26. The second-order valence-corrected chi connectivity index (χ2v) is 10.5. The summed E-state index contributed by atoms with van der Waals surface area (Å²) in [5, 5.41) is 1.000. The quantitative estimate of drug-likeness (QED) is 0.516. The van der Waals surface area contributed by atoms with Crippen LogP contribution >= 0.6 is 11.6 Å². The van der Waals surface area contributed by atoms with Gasteiger partial charge >= 0.3 is 18.4 Å². The molecule has 14 heteroatoms. The predicted octanol–water partition coefficient (Wildman–Crippen LogP) is 5.31. The number of carbonyl (C=O) groups excluding carboxylic acids is 1. The van der Waals surface area contributed by atoms with Crippen LogP contribution in [0.3, 0.4) is 0 Å². The minimum Gasteiger partial charge on any atom is -0.435 e. The summed E-state index contributed by atoms with van der Waals surface area (Å²) in [6.45, 7) is -1.71. The lowest BCUT2D eigenvalue weighted by molar-refractivity contribution is -0.206. The van der Waals surface area contributed by atoms with E-state index < -0.39 is 64.0 Å². The van der Waals surface area contributed by atoms with Gasteiger partial charge in [-0.25, -0.2) is 13.2 Å². The average molecular weight is 545 g/mol. The van der Waals surface area contributed by atoms with Crippen LogP contribution in [-0.2, 0) is 20.8 Å². The predicted molar refractivity (Wildman–Crippen MR) is 116 cm³/mol. The molecule has 1 amide bonds. The van der Waals surface area contributed by atoms with E-state index in [0.29, 0.717) is 11.1 Å². The van der Waals surface area contributed by atoms with Crippen LogP contribution in [0, 0.1) is 0 Å². The Labute approximate surface area is 201 Å². The SMILES string of the molecule is O=C(Nc1ccc(Cl)cc1)OC(CN1CCS(=O)(=O)C(c2cccc(C(F)(F)F)c2)C1)C(F)(F)F. The summed E-state index contributed by atoms with van der Waals surface area (Å²) in [7, 11) is -3.93. The Bertz CT molecular complexity index is 1160. The van der Waals surface area contributed by atoms with Crippen molar-refractivity contribution in [3.8, 4) is 0 Å². The van der Waals surface area contributed by atoms with Crippen molar-refractivity contribution in [3.05, 3.63) is 64.7 Å². The Balaban J connectivity index is 1.75. The van der Waals surface area contributed by atoms with Crippen LogP contribution in [0.1, 0.15) is 16.4 Å². The zero-order valence-corrected chi connectivity index (χ0v) is 19.3. The van der Waals surface area contributed by atoms with E-state index in [2.05, 4.69) is 10.1 Å². The van der Waals surface area contributed by atoms with Crippen molar-refractivity contribution in [1.29, 1.82) is 0 Å². The van der Waals surface area contributed by atoms with Crippen molar-refractivity contribution in [1.82, 2.24) is 4.90 Å². The fourth-order valence-corrected chi connectivity index (χ4v) is 5.41. The summed E-state index contributed by atoms with van der Waals surface area (Å²) in [4.78, 5) is 13.1. The molecule has 0 radical (unpaired) electrons. The van der Waals surface area contributed by atoms with E-state index >= 15 is 0 Å². The highest BCUT2D eigenvalue weighted by atomic mass is 35.5. The first-order valence-corrected chi connectivity index (χ1v) is 12.2. The summed E-state index contributed by atoms with van der Waals surface area (Å²) in [5.41, 5.74) is -1.12. The highest BCUT2D eigenvalue weighted by molar-refractivity contribution is 7.91. The maximum absolute atomic E-state index is 13.6. The van der Waals surface area contributed by atoms with E-state index in [1.54, 1.807) is 0 Å². The van der Waals surface area contributed by atoms with Gasteiger partial charge in [0.15, 0.2) is 9.84 Å². The van der Waals surface area contributed by atoms with Gasteiger partial charge in [0.1, 0.15) is 0 Å². The van der Waals surface area contributed by atoms with Gasteiger partial charge in [0.25, 0.3) is 0 Å². The van der Waals surface area contributed by atoms with E-state index in [-0.39, 0.29) is 17.8 Å². The van der Waals surface area contributed by atoms with Gasteiger partial charge in [-0.2, -0.15) is 26.3 Å². The van der Waals surface area contributed by atoms with Crippen molar-refractivity contribution in [3.63, 3.8) is 0 Å². The van der Waals surface area contributed by atoms with Crippen LogP contribution in [-0.4, -0.2) is 57.1 Å². The monoisotopic (exact) mass is 544 g/mol. The fraction of sp³-hybridized carbons (Fsp3) is 0.381. The molecule has 1 N–H and O–H groups in total. The molecule has 1 fully saturated rings. The molecule has 3 rings (SSSR count). The van der Waals surface area contributed by atoms with Gasteiger partial charge in [0.2, 0.25) is 6.10 Å². The molecule has 0 spiro atoms. The lowest BCUT2D eigenvalue weighted by Gasteiger charge is -2.35. The third-order valence-corrected chi connectivity index (χ3v) is 7.56. The molecule has 1 aliphatic heterocycles. The lowest BCUT2D eigenvalue weighted by atomic mass is 10.1. The van der Waals surface area contributed by atoms with Crippen LogP contribution in [0.2, 0.25) is 5.02 Å². The molecule has 1 heterocycles. The molecule has 2 atom stereocenters. The number of nitrogens with zero attached hydrogens (tertiary/aromatic N) is 1. The summed E-state index contributed by atoms with van der Waals surface area (Å²) < 4.78 is 110. The van der Waals surface area contributed by atoms with E-state index in [1.165, 1.54) is 30.3 Å². The number of benzene rings is 2. The number of rotatable bonds is 5. The van der Waals surface area contributed by atoms with Crippen molar-refractivity contribution in [2.45, 2.75) is 23.7 Å². The van der Waals surface area contributed by atoms with Crippen molar-refractivity contribution in [2.75, 3.05) is 30.7 Å². The standard InChI is InChI=1S/C21H19ClF6N2O4S/c22-15-4-6-16(7-5-15)29-19(31)34-18(21(26,27)28)12-30-8-9-35(32,33)17(11-30)13-2-1-3-14(10-13)20(23,24)25/h1-7,10,17-18H,8-9,11-12H2,(H,29,31). The Morgan fingerprint density at radius 2 is 1.77 bits per heavy atom. The van der Waals surface area contributed by atoms with Crippen LogP contribution in [0.25, 0.3) is 0 Å². The zero-order chi connectivity index (χ0) is 26.0.